The smallest absolute Gasteiger partial charge is 0.280 e. The van der Waals surface area contributed by atoms with Crippen molar-refractivity contribution in [3.8, 4) is 11.1 Å². The van der Waals surface area contributed by atoms with E-state index >= 15 is 0 Å². The molecule has 0 atom stereocenters. The van der Waals surface area contributed by atoms with Crippen molar-refractivity contribution in [2.75, 3.05) is 0 Å². The van der Waals surface area contributed by atoms with Crippen LogP contribution in [-0.4, -0.2) is 24.4 Å². The number of fused-ring (bicyclic) bond motifs is 3. The van der Waals surface area contributed by atoms with Gasteiger partial charge in [-0.2, -0.15) is 5.10 Å². The van der Waals surface area contributed by atoms with Gasteiger partial charge in [0.05, 0.1) is 6.20 Å². The van der Waals surface area contributed by atoms with Crippen LogP contribution in [0, 0.1) is 5.82 Å². The Hall–Kier alpha value is -3.09. The molecule has 4 aromatic rings. The maximum atomic E-state index is 13.1. The van der Waals surface area contributed by atoms with E-state index in [0.717, 1.165) is 24.0 Å². The first-order valence-corrected chi connectivity index (χ1v) is 7.73. The summed E-state index contributed by atoms with van der Waals surface area (Å²) in [6.07, 6.45) is 5.50. The predicted octanol–water partition coefficient (Wildman–Crippen LogP) is 2.58. The number of nitrogens with zero attached hydrogens (tertiary/aromatic N) is 5. The van der Waals surface area contributed by atoms with Crippen LogP contribution in [0.2, 0.25) is 0 Å². The fourth-order valence-corrected chi connectivity index (χ4v) is 2.98. The van der Waals surface area contributed by atoms with Crippen LogP contribution in [0.3, 0.4) is 0 Å². The molecule has 0 N–H and O–H groups in total. The minimum absolute atomic E-state index is 0.136. The van der Waals surface area contributed by atoms with Crippen molar-refractivity contribution in [3.63, 3.8) is 0 Å². The monoisotopic (exact) mass is 321 g/mol. The molecule has 1 fully saturated rings. The molecule has 3 aromatic heterocycles. The van der Waals surface area contributed by atoms with Crippen LogP contribution in [0.15, 0.2) is 47.5 Å². The van der Waals surface area contributed by atoms with Crippen molar-refractivity contribution in [3.05, 3.63) is 58.9 Å². The molecule has 0 aliphatic heterocycles. The first-order valence-electron chi connectivity index (χ1n) is 7.73. The summed E-state index contributed by atoms with van der Waals surface area (Å²) in [5.41, 5.74) is 2.88. The first-order chi connectivity index (χ1) is 11.7. The highest BCUT2D eigenvalue weighted by Gasteiger charge is 2.25. The molecule has 0 bridgehead atoms. The molecule has 118 valence electrons. The summed E-state index contributed by atoms with van der Waals surface area (Å²) in [5.74, 6) is -0.299. The van der Waals surface area contributed by atoms with E-state index in [0.29, 0.717) is 16.7 Å². The number of hydrogen-bond acceptors (Lipinski definition) is 4. The minimum atomic E-state index is -0.299. The Morgan fingerprint density at radius 3 is 2.62 bits per heavy atom. The fourth-order valence-electron chi connectivity index (χ4n) is 2.98. The highest BCUT2D eigenvalue weighted by molar-refractivity contribution is 5.82. The molecule has 1 aliphatic rings. The van der Waals surface area contributed by atoms with E-state index in [9.17, 15) is 9.18 Å². The van der Waals surface area contributed by atoms with Gasteiger partial charge < -0.3 is 4.57 Å². The molecule has 7 heteroatoms. The number of halogens is 1. The Kier molecular flexibility index (Phi) is 2.62. The van der Waals surface area contributed by atoms with Gasteiger partial charge >= 0.3 is 0 Å². The fraction of sp³-hybridized carbons (Fsp3) is 0.176. The number of rotatable bonds is 2. The molecule has 1 aromatic carbocycles. The van der Waals surface area contributed by atoms with E-state index in [1.807, 2.05) is 6.07 Å². The Labute approximate surface area is 135 Å². The van der Waals surface area contributed by atoms with E-state index < -0.39 is 0 Å². The second-order valence-corrected chi connectivity index (χ2v) is 5.99. The van der Waals surface area contributed by atoms with Crippen LogP contribution in [0.1, 0.15) is 18.9 Å². The van der Waals surface area contributed by atoms with Crippen LogP contribution < -0.4 is 5.56 Å². The van der Waals surface area contributed by atoms with Crippen molar-refractivity contribution < 1.29 is 4.39 Å². The summed E-state index contributed by atoms with van der Waals surface area (Å²) in [5, 5.41) is 12.7. The second-order valence-electron chi connectivity index (χ2n) is 5.99. The van der Waals surface area contributed by atoms with Crippen molar-refractivity contribution in [2.24, 2.45) is 0 Å². The zero-order valence-corrected chi connectivity index (χ0v) is 12.6. The van der Waals surface area contributed by atoms with Crippen molar-refractivity contribution in [2.45, 2.75) is 18.9 Å². The van der Waals surface area contributed by atoms with Gasteiger partial charge in [0.1, 0.15) is 11.3 Å². The van der Waals surface area contributed by atoms with E-state index in [1.165, 1.54) is 12.1 Å². The van der Waals surface area contributed by atoms with E-state index in [-0.39, 0.29) is 17.4 Å². The molecule has 6 nitrogen and oxygen atoms in total. The lowest BCUT2D eigenvalue weighted by molar-refractivity contribution is 0.628. The van der Waals surface area contributed by atoms with Gasteiger partial charge in [0, 0.05) is 17.8 Å². The number of aromatic nitrogens is 5. The van der Waals surface area contributed by atoms with Gasteiger partial charge in [-0.1, -0.05) is 12.1 Å². The van der Waals surface area contributed by atoms with Gasteiger partial charge in [-0.05, 0) is 36.6 Å². The van der Waals surface area contributed by atoms with E-state index in [2.05, 4.69) is 15.3 Å². The standard InChI is InChI=1S/C17H12FN5O/c18-11-3-1-10(2-4-11)13-9-19-23-14-7-8-22(12-5-6-12)17(24)15(14)20-21-16(13)23/h1-4,7-9,12H,5-6H2. The molecular weight excluding hydrogens is 309 g/mol. The maximum absolute atomic E-state index is 13.1. The molecule has 1 aliphatic carbocycles. The SMILES string of the molecule is O=c1c2nnc3c(-c4ccc(F)cc4)cnn3c2ccn1C1CC1. The van der Waals surface area contributed by atoms with Crippen molar-refractivity contribution in [1.29, 1.82) is 0 Å². The second kappa shape index (κ2) is 4.70. The maximum Gasteiger partial charge on any atom is 0.280 e. The van der Waals surface area contributed by atoms with Gasteiger partial charge in [-0.3, -0.25) is 4.79 Å². The molecule has 0 radical (unpaired) electrons. The quantitative estimate of drug-likeness (QED) is 0.569. The summed E-state index contributed by atoms with van der Waals surface area (Å²) in [6.45, 7) is 0. The average Bonchev–Trinajstić information content (AvgIpc) is 3.34. The van der Waals surface area contributed by atoms with Crippen molar-refractivity contribution in [1.82, 2.24) is 24.4 Å². The number of pyridine rings is 1. The van der Waals surface area contributed by atoms with E-state index in [4.69, 9.17) is 0 Å². The lowest BCUT2D eigenvalue weighted by Gasteiger charge is -2.05. The van der Waals surface area contributed by atoms with Crippen molar-refractivity contribution >= 4 is 16.7 Å². The third-order valence-corrected chi connectivity index (χ3v) is 4.38. The first kappa shape index (κ1) is 13.4. The molecule has 5 rings (SSSR count). The minimum Gasteiger partial charge on any atom is -0.310 e. The van der Waals surface area contributed by atoms with Crippen LogP contribution in [-0.2, 0) is 0 Å². The largest absolute Gasteiger partial charge is 0.310 e. The van der Waals surface area contributed by atoms with Gasteiger partial charge in [0.2, 0.25) is 0 Å². The Bertz CT molecular complexity index is 1140. The third-order valence-electron chi connectivity index (χ3n) is 4.38. The highest BCUT2D eigenvalue weighted by atomic mass is 19.1. The summed E-state index contributed by atoms with van der Waals surface area (Å²) >= 11 is 0. The highest BCUT2D eigenvalue weighted by Crippen LogP contribution is 2.33. The zero-order valence-electron chi connectivity index (χ0n) is 12.6. The van der Waals surface area contributed by atoms with Crippen LogP contribution >= 0.6 is 0 Å². The summed E-state index contributed by atoms with van der Waals surface area (Å²) in [4.78, 5) is 12.5. The van der Waals surface area contributed by atoms with Crippen LogP contribution in [0.5, 0.6) is 0 Å². The zero-order chi connectivity index (χ0) is 16.3. The lowest BCUT2D eigenvalue weighted by atomic mass is 10.1. The van der Waals surface area contributed by atoms with Gasteiger partial charge in [0.15, 0.2) is 11.2 Å². The predicted molar refractivity (Wildman–Crippen MR) is 86.2 cm³/mol. The molecular formula is C17H12FN5O. The average molecular weight is 321 g/mol. The normalized spacial score (nSPS) is 14.5. The summed E-state index contributed by atoms with van der Waals surface area (Å²) < 4.78 is 16.4. The topological polar surface area (TPSA) is 65.1 Å². The van der Waals surface area contributed by atoms with Gasteiger partial charge in [-0.15, -0.1) is 10.2 Å². The molecule has 24 heavy (non-hydrogen) atoms. The lowest BCUT2D eigenvalue weighted by Crippen LogP contribution is -2.20. The number of hydrogen-bond donors (Lipinski definition) is 0. The molecule has 0 unspecified atom stereocenters. The van der Waals surface area contributed by atoms with Crippen LogP contribution in [0.4, 0.5) is 4.39 Å². The number of benzene rings is 1. The molecule has 0 spiro atoms. The van der Waals surface area contributed by atoms with Gasteiger partial charge in [-0.25, -0.2) is 8.91 Å². The van der Waals surface area contributed by atoms with Crippen LogP contribution in [0.25, 0.3) is 27.8 Å². The Morgan fingerprint density at radius 2 is 1.88 bits per heavy atom. The summed E-state index contributed by atoms with van der Waals surface area (Å²) in [7, 11) is 0. The van der Waals surface area contributed by atoms with E-state index in [1.54, 1.807) is 33.6 Å². The van der Waals surface area contributed by atoms with Gasteiger partial charge in [0.25, 0.3) is 5.56 Å². The molecule has 1 saturated carbocycles. The third kappa shape index (κ3) is 1.87. The molecule has 0 amide bonds. The Morgan fingerprint density at radius 1 is 1.08 bits per heavy atom. The molecule has 0 saturated heterocycles. The molecule has 3 heterocycles. The summed E-state index contributed by atoms with van der Waals surface area (Å²) in [6, 6.07) is 8.25. The Balaban J connectivity index is 1.76.